The molecule has 1 heterocycles. The number of hydrogen-bond acceptors (Lipinski definition) is 3. The van der Waals surface area contributed by atoms with Gasteiger partial charge in [0.1, 0.15) is 17.1 Å². The number of carbonyl (C=O) groups is 1. The van der Waals surface area contributed by atoms with Crippen LogP contribution in [0.4, 0.5) is 0 Å². The molecule has 0 radical (unpaired) electrons. The maximum atomic E-state index is 12.5. The first-order valence-electron chi connectivity index (χ1n) is 8.48. The molecule has 4 nitrogen and oxygen atoms in total. The molecule has 3 rings (SSSR count). The Labute approximate surface area is 158 Å². The fourth-order valence-corrected chi connectivity index (χ4v) is 3.28. The number of ether oxygens (including phenoxy) is 2. The van der Waals surface area contributed by atoms with Gasteiger partial charge in [-0.15, -0.1) is 0 Å². The van der Waals surface area contributed by atoms with Crippen molar-refractivity contribution in [3.05, 3.63) is 64.7 Å². The van der Waals surface area contributed by atoms with E-state index in [-0.39, 0.29) is 17.6 Å². The lowest BCUT2D eigenvalue weighted by molar-refractivity contribution is -0.117. The zero-order valence-electron chi connectivity index (χ0n) is 15.1. The summed E-state index contributed by atoms with van der Waals surface area (Å²) >= 11 is 6.12. The molecule has 1 aliphatic rings. The maximum absolute atomic E-state index is 12.5. The quantitative estimate of drug-likeness (QED) is 0.787. The van der Waals surface area contributed by atoms with E-state index in [4.69, 9.17) is 21.1 Å². The van der Waals surface area contributed by atoms with Gasteiger partial charge in [0.25, 0.3) is 0 Å². The molecule has 1 aliphatic heterocycles. The topological polar surface area (TPSA) is 47.6 Å². The van der Waals surface area contributed by atoms with Gasteiger partial charge in [-0.25, -0.2) is 0 Å². The third kappa shape index (κ3) is 4.20. The molecular weight excluding hydrogens is 350 g/mol. The Bertz CT molecular complexity index is 845. The van der Waals surface area contributed by atoms with Crippen LogP contribution in [-0.4, -0.2) is 18.6 Å². The van der Waals surface area contributed by atoms with Crippen molar-refractivity contribution < 1.29 is 14.3 Å². The van der Waals surface area contributed by atoms with Crippen LogP contribution >= 0.6 is 11.6 Å². The highest BCUT2D eigenvalue weighted by Gasteiger charge is 2.34. The van der Waals surface area contributed by atoms with Crippen LogP contribution in [0.25, 0.3) is 6.08 Å². The molecule has 1 atom stereocenters. The van der Waals surface area contributed by atoms with Crippen LogP contribution in [-0.2, 0) is 4.79 Å². The van der Waals surface area contributed by atoms with E-state index in [0.717, 1.165) is 22.6 Å². The van der Waals surface area contributed by atoms with Gasteiger partial charge in [0.15, 0.2) is 0 Å². The van der Waals surface area contributed by atoms with E-state index in [0.29, 0.717) is 11.4 Å². The van der Waals surface area contributed by atoms with E-state index in [9.17, 15) is 4.79 Å². The lowest BCUT2D eigenvalue weighted by Gasteiger charge is -2.37. The van der Waals surface area contributed by atoms with Gasteiger partial charge in [-0.1, -0.05) is 29.8 Å². The van der Waals surface area contributed by atoms with Gasteiger partial charge in [-0.3, -0.25) is 4.79 Å². The van der Waals surface area contributed by atoms with Crippen molar-refractivity contribution in [2.75, 3.05) is 7.11 Å². The Kier molecular flexibility index (Phi) is 5.23. The number of nitrogens with one attached hydrogen (secondary N) is 1. The fraction of sp³-hybridized carbons (Fsp3) is 0.286. The highest BCUT2D eigenvalue weighted by Crippen LogP contribution is 2.41. The summed E-state index contributed by atoms with van der Waals surface area (Å²) in [6.45, 7) is 4.03. The van der Waals surface area contributed by atoms with Crippen molar-refractivity contribution in [2.45, 2.75) is 31.9 Å². The summed E-state index contributed by atoms with van der Waals surface area (Å²) in [5.41, 5.74) is 1.35. The van der Waals surface area contributed by atoms with E-state index in [2.05, 4.69) is 5.32 Å². The Morgan fingerprint density at radius 2 is 2.08 bits per heavy atom. The molecule has 0 bridgehead atoms. The molecule has 2 aromatic rings. The van der Waals surface area contributed by atoms with Crippen LogP contribution in [0.5, 0.6) is 11.5 Å². The SMILES string of the molecule is COc1ccc2c(c1)[C@H](NC(=O)/C=C/c1ccccc1Cl)CC(C)(C)O2. The number of hydrogen-bond donors (Lipinski definition) is 1. The molecule has 1 amide bonds. The Morgan fingerprint density at radius 3 is 2.81 bits per heavy atom. The van der Waals surface area contributed by atoms with Crippen LogP contribution in [0.3, 0.4) is 0 Å². The van der Waals surface area contributed by atoms with Gasteiger partial charge < -0.3 is 14.8 Å². The van der Waals surface area contributed by atoms with Gasteiger partial charge >= 0.3 is 0 Å². The smallest absolute Gasteiger partial charge is 0.244 e. The summed E-state index contributed by atoms with van der Waals surface area (Å²) in [5, 5.41) is 3.68. The highest BCUT2D eigenvalue weighted by atomic mass is 35.5. The lowest BCUT2D eigenvalue weighted by Crippen LogP contribution is -2.40. The van der Waals surface area contributed by atoms with E-state index in [1.165, 1.54) is 6.08 Å². The van der Waals surface area contributed by atoms with Gasteiger partial charge in [0.2, 0.25) is 5.91 Å². The van der Waals surface area contributed by atoms with E-state index < -0.39 is 0 Å². The molecule has 0 saturated heterocycles. The Balaban J connectivity index is 1.80. The molecule has 0 saturated carbocycles. The van der Waals surface area contributed by atoms with Gasteiger partial charge in [-0.2, -0.15) is 0 Å². The van der Waals surface area contributed by atoms with Crippen molar-refractivity contribution in [3.8, 4) is 11.5 Å². The monoisotopic (exact) mass is 371 g/mol. The number of benzene rings is 2. The molecule has 26 heavy (non-hydrogen) atoms. The summed E-state index contributed by atoms with van der Waals surface area (Å²) in [6, 6.07) is 12.9. The maximum Gasteiger partial charge on any atom is 0.244 e. The molecule has 1 N–H and O–H groups in total. The average Bonchev–Trinajstić information content (AvgIpc) is 2.60. The van der Waals surface area contributed by atoms with Gasteiger partial charge in [0, 0.05) is 23.1 Å². The molecule has 0 unspecified atom stereocenters. The molecular formula is C21H22ClNO3. The molecule has 0 aliphatic carbocycles. The second-order valence-electron chi connectivity index (χ2n) is 6.89. The lowest BCUT2D eigenvalue weighted by atomic mass is 9.89. The normalized spacial score (nSPS) is 18.1. The second-order valence-corrected chi connectivity index (χ2v) is 7.29. The molecule has 0 aromatic heterocycles. The molecule has 136 valence electrons. The minimum absolute atomic E-state index is 0.160. The minimum atomic E-state index is -0.369. The third-order valence-electron chi connectivity index (χ3n) is 4.31. The summed E-state index contributed by atoms with van der Waals surface area (Å²) < 4.78 is 11.3. The molecule has 0 spiro atoms. The summed E-state index contributed by atoms with van der Waals surface area (Å²) in [4.78, 5) is 12.5. The predicted octanol–water partition coefficient (Wildman–Crippen LogP) is 4.78. The minimum Gasteiger partial charge on any atom is -0.497 e. The van der Waals surface area contributed by atoms with E-state index >= 15 is 0 Å². The number of fused-ring (bicyclic) bond motifs is 1. The van der Waals surface area contributed by atoms with Gasteiger partial charge in [0.05, 0.1) is 13.2 Å². The summed E-state index contributed by atoms with van der Waals surface area (Å²) in [6.07, 6.45) is 3.89. The van der Waals surface area contributed by atoms with Crippen molar-refractivity contribution in [2.24, 2.45) is 0 Å². The van der Waals surface area contributed by atoms with Crippen LogP contribution in [0, 0.1) is 0 Å². The molecule has 2 aromatic carbocycles. The second kappa shape index (κ2) is 7.42. The van der Waals surface area contributed by atoms with Crippen molar-refractivity contribution in [1.29, 1.82) is 0 Å². The van der Waals surface area contributed by atoms with Crippen LogP contribution in [0.1, 0.15) is 37.4 Å². The first-order valence-corrected chi connectivity index (χ1v) is 8.86. The standard InChI is InChI=1S/C21H22ClNO3/c1-21(2)13-18(16-12-15(25-3)9-10-19(16)26-21)23-20(24)11-8-14-6-4-5-7-17(14)22/h4-12,18H,13H2,1-3H3,(H,23,24)/b11-8+/t18-/m1/s1. The van der Waals surface area contributed by atoms with Crippen LogP contribution in [0.15, 0.2) is 48.5 Å². The molecule has 0 fully saturated rings. The third-order valence-corrected chi connectivity index (χ3v) is 4.65. The van der Waals surface area contributed by atoms with Crippen molar-refractivity contribution in [3.63, 3.8) is 0 Å². The number of rotatable bonds is 4. The zero-order chi connectivity index (χ0) is 18.7. The molecule has 5 heteroatoms. The van der Waals surface area contributed by atoms with E-state index in [1.54, 1.807) is 19.3 Å². The number of carbonyl (C=O) groups excluding carboxylic acids is 1. The zero-order valence-corrected chi connectivity index (χ0v) is 15.8. The Morgan fingerprint density at radius 1 is 1.31 bits per heavy atom. The van der Waals surface area contributed by atoms with Gasteiger partial charge in [-0.05, 0) is 49.8 Å². The number of methoxy groups -OCH3 is 1. The number of amides is 1. The highest BCUT2D eigenvalue weighted by molar-refractivity contribution is 6.32. The largest absolute Gasteiger partial charge is 0.497 e. The Hall–Kier alpha value is -2.46. The van der Waals surface area contributed by atoms with Crippen LogP contribution in [0.2, 0.25) is 5.02 Å². The van der Waals surface area contributed by atoms with Crippen molar-refractivity contribution in [1.82, 2.24) is 5.32 Å². The first-order chi connectivity index (χ1) is 12.4. The summed E-state index contributed by atoms with van der Waals surface area (Å²) in [7, 11) is 1.62. The summed E-state index contributed by atoms with van der Waals surface area (Å²) in [5.74, 6) is 1.32. The van der Waals surface area contributed by atoms with Crippen molar-refractivity contribution >= 4 is 23.6 Å². The predicted molar refractivity (Wildman–Crippen MR) is 104 cm³/mol. The first kappa shape index (κ1) is 18.3. The fourth-order valence-electron chi connectivity index (χ4n) is 3.08. The number of halogens is 1. The van der Waals surface area contributed by atoms with Crippen LogP contribution < -0.4 is 14.8 Å². The van der Waals surface area contributed by atoms with E-state index in [1.807, 2.05) is 50.2 Å². The average molecular weight is 372 g/mol.